The van der Waals surface area contributed by atoms with Crippen LogP contribution in [0.25, 0.3) is 0 Å². The van der Waals surface area contributed by atoms with Gasteiger partial charge in [0.25, 0.3) is 0 Å². The SMILES string of the molecule is CCCCSC(=O)CC.[CH3][Sn+]([CH3])[CH3]. The van der Waals surface area contributed by atoms with E-state index in [9.17, 15) is 4.79 Å². The van der Waals surface area contributed by atoms with Gasteiger partial charge in [-0.1, -0.05) is 32.0 Å². The van der Waals surface area contributed by atoms with Crippen LogP contribution in [0.2, 0.25) is 14.8 Å². The summed E-state index contributed by atoms with van der Waals surface area (Å²) in [6.45, 7) is 4.04. The zero-order valence-electron chi connectivity index (χ0n) is 9.64. The molecule has 0 saturated heterocycles. The van der Waals surface area contributed by atoms with Gasteiger partial charge in [-0.05, 0) is 6.42 Å². The van der Waals surface area contributed by atoms with Crippen molar-refractivity contribution in [3.05, 3.63) is 0 Å². The first-order valence-corrected chi connectivity index (χ1v) is 14.5. The van der Waals surface area contributed by atoms with Crippen molar-refractivity contribution in [1.29, 1.82) is 0 Å². The van der Waals surface area contributed by atoms with E-state index in [0.717, 1.165) is 12.2 Å². The number of carbonyl (C=O) groups excluding carboxylic acids is 1. The van der Waals surface area contributed by atoms with Crippen LogP contribution in [0.3, 0.4) is 0 Å². The van der Waals surface area contributed by atoms with Crippen LogP contribution in [0.5, 0.6) is 0 Å². The van der Waals surface area contributed by atoms with Crippen LogP contribution in [0.15, 0.2) is 0 Å². The van der Waals surface area contributed by atoms with Crippen LogP contribution in [-0.4, -0.2) is 30.6 Å². The number of thioether (sulfide) groups is 1. The summed E-state index contributed by atoms with van der Waals surface area (Å²) in [5.74, 6) is 1.00. The van der Waals surface area contributed by atoms with Gasteiger partial charge in [-0.25, -0.2) is 0 Å². The van der Waals surface area contributed by atoms with Crippen LogP contribution in [0.1, 0.15) is 33.1 Å². The van der Waals surface area contributed by atoms with Gasteiger partial charge in [0.05, 0.1) is 0 Å². The Bertz CT molecular complexity index is 113. The second-order valence-electron chi connectivity index (χ2n) is 3.43. The van der Waals surface area contributed by atoms with Gasteiger partial charge in [0.2, 0.25) is 0 Å². The number of hydrogen-bond acceptors (Lipinski definition) is 2. The third kappa shape index (κ3) is 24.5. The molecule has 1 nitrogen and oxygen atoms in total. The van der Waals surface area contributed by atoms with Gasteiger partial charge < -0.3 is 0 Å². The van der Waals surface area contributed by atoms with Crippen molar-refractivity contribution in [2.75, 3.05) is 5.75 Å². The van der Waals surface area contributed by atoms with Gasteiger partial charge >= 0.3 is 34.6 Å². The van der Waals surface area contributed by atoms with Crippen LogP contribution in [0.4, 0.5) is 0 Å². The summed E-state index contributed by atoms with van der Waals surface area (Å²) >= 11 is 0.919. The average molecular weight is 310 g/mol. The van der Waals surface area contributed by atoms with Gasteiger partial charge in [-0.3, -0.25) is 4.79 Å². The third-order valence-electron chi connectivity index (χ3n) is 1.05. The van der Waals surface area contributed by atoms with E-state index in [2.05, 4.69) is 21.7 Å². The summed E-state index contributed by atoms with van der Waals surface area (Å²) in [5, 5.41) is 0.323. The Morgan fingerprint density at radius 2 is 1.69 bits per heavy atom. The molecule has 0 atom stereocenters. The Kier molecular flexibility index (Phi) is 16.0. The fraction of sp³-hybridized carbons (Fsp3) is 0.900. The van der Waals surface area contributed by atoms with E-state index in [-0.39, 0.29) is 0 Å². The molecule has 0 amide bonds. The van der Waals surface area contributed by atoms with Crippen molar-refractivity contribution in [2.45, 2.75) is 47.9 Å². The summed E-state index contributed by atoms with van der Waals surface area (Å²) in [6.07, 6.45) is 3.02. The Balaban J connectivity index is 0. The van der Waals surface area contributed by atoms with Crippen molar-refractivity contribution in [1.82, 2.24) is 0 Å². The minimum atomic E-state index is -0.543. The van der Waals surface area contributed by atoms with Gasteiger partial charge in [-0.15, -0.1) is 0 Å². The van der Waals surface area contributed by atoms with Crippen LogP contribution in [0, 0.1) is 0 Å². The van der Waals surface area contributed by atoms with Gasteiger partial charge in [0.15, 0.2) is 5.12 Å². The molecule has 0 aromatic rings. The summed E-state index contributed by atoms with van der Waals surface area (Å²) < 4.78 is 0. The van der Waals surface area contributed by atoms with E-state index in [1.807, 2.05) is 6.92 Å². The quantitative estimate of drug-likeness (QED) is 0.580. The number of unbranched alkanes of at least 4 members (excludes halogenated alkanes) is 1. The topological polar surface area (TPSA) is 17.1 Å². The fourth-order valence-electron chi connectivity index (χ4n) is 0.432. The predicted molar refractivity (Wildman–Crippen MR) is 66.0 cm³/mol. The molecule has 0 rings (SSSR count). The van der Waals surface area contributed by atoms with E-state index < -0.39 is 19.8 Å². The fourth-order valence-corrected chi connectivity index (χ4v) is 1.30. The molecule has 0 aliphatic rings. The molecule has 0 saturated carbocycles. The molecule has 0 N–H and O–H groups in total. The van der Waals surface area contributed by atoms with Crippen molar-refractivity contribution in [3.63, 3.8) is 0 Å². The Labute approximate surface area is 94.8 Å². The molecule has 0 spiro atoms. The van der Waals surface area contributed by atoms with E-state index >= 15 is 0 Å². The molecule has 0 aromatic heterocycles. The zero-order valence-corrected chi connectivity index (χ0v) is 13.3. The van der Waals surface area contributed by atoms with E-state index in [0.29, 0.717) is 11.5 Å². The summed E-state index contributed by atoms with van der Waals surface area (Å²) in [7, 11) is 0. The van der Waals surface area contributed by atoms with Crippen molar-refractivity contribution in [2.24, 2.45) is 0 Å². The molecule has 3 heteroatoms. The second kappa shape index (κ2) is 12.8. The Morgan fingerprint density at radius 1 is 1.23 bits per heavy atom. The second-order valence-corrected chi connectivity index (χ2v) is 13.1. The minimum absolute atomic E-state index is 0.323. The molecule has 0 bridgehead atoms. The van der Waals surface area contributed by atoms with Gasteiger partial charge in [-0.2, -0.15) is 0 Å². The predicted octanol–water partition coefficient (Wildman–Crippen LogP) is 3.83. The zero-order chi connectivity index (χ0) is 10.7. The van der Waals surface area contributed by atoms with Crippen LogP contribution >= 0.6 is 11.8 Å². The van der Waals surface area contributed by atoms with E-state index in [4.69, 9.17) is 0 Å². The van der Waals surface area contributed by atoms with E-state index in [1.165, 1.54) is 18.2 Å². The first kappa shape index (κ1) is 16.3. The molecule has 0 heterocycles. The van der Waals surface area contributed by atoms with Crippen molar-refractivity contribution in [3.8, 4) is 0 Å². The summed E-state index contributed by atoms with van der Waals surface area (Å²) in [6, 6.07) is 0. The molecule has 0 radical (unpaired) electrons. The maximum atomic E-state index is 10.6. The first-order valence-electron chi connectivity index (χ1n) is 4.96. The van der Waals surface area contributed by atoms with Crippen LogP contribution < -0.4 is 0 Å². The average Bonchev–Trinajstić information content (AvgIpc) is 2.03. The van der Waals surface area contributed by atoms with Gasteiger partial charge in [0.1, 0.15) is 0 Å². The molecule has 13 heavy (non-hydrogen) atoms. The molecule has 78 valence electrons. The Morgan fingerprint density at radius 3 is 2.00 bits per heavy atom. The first-order chi connectivity index (χ1) is 6.04. The Hall–Kier alpha value is 0.819. The summed E-state index contributed by atoms with van der Waals surface area (Å²) in [5.41, 5.74) is 0. The monoisotopic (exact) mass is 311 g/mol. The molecule has 0 aromatic carbocycles. The van der Waals surface area contributed by atoms with E-state index in [1.54, 1.807) is 0 Å². The number of hydrogen-bond donors (Lipinski definition) is 0. The molecular formula is C10H23OSSn+. The standard InChI is InChI=1S/C7H14OS.3CH3.Sn/c1-3-5-6-9-7(8)4-2;;;;/h3-6H2,1-2H3;3*1H3;/q;;;;+1. The molecule has 0 fully saturated rings. The summed E-state index contributed by atoms with van der Waals surface area (Å²) in [4.78, 5) is 17.7. The number of carbonyl (C=O) groups is 1. The molecule has 0 aliphatic heterocycles. The normalized spacial score (nSPS) is 8.69. The maximum absolute atomic E-state index is 10.6. The molecule has 0 aliphatic carbocycles. The molecular weight excluding hydrogens is 287 g/mol. The third-order valence-corrected chi connectivity index (χ3v) is 2.15. The molecule has 0 unspecified atom stereocenters. The van der Waals surface area contributed by atoms with Crippen molar-refractivity contribution >= 4 is 36.6 Å². The number of rotatable bonds is 4. The van der Waals surface area contributed by atoms with Crippen molar-refractivity contribution < 1.29 is 4.79 Å². The van der Waals surface area contributed by atoms with Crippen LogP contribution in [-0.2, 0) is 4.79 Å². The van der Waals surface area contributed by atoms with Gasteiger partial charge in [0, 0.05) is 12.2 Å².